The Morgan fingerprint density at radius 1 is 1.18 bits per heavy atom. The summed E-state index contributed by atoms with van der Waals surface area (Å²) in [6, 6.07) is 0. The summed E-state index contributed by atoms with van der Waals surface area (Å²) in [6.07, 6.45) is -4.25. The molecular formula is C14H23N5O12P2. The van der Waals surface area contributed by atoms with Crippen LogP contribution in [0.4, 0.5) is 5.82 Å². The van der Waals surface area contributed by atoms with Crippen molar-refractivity contribution in [3.05, 3.63) is 12.7 Å². The molecule has 1 aliphatic heterocycles. The van der Waals surface area contributed by atoms with Crippen molar-refractivity contribution in [3.8, 4) is 0 Å². The number of imidazole rings is 1. The first-order valence-electron chi connectivity index (χ1n) is 9.22. The summed E-state index contributed by atoms with van der Waals surface area (Å²) >= 11 is 0. The average Bonchev–Trinajstić information content (AvgIpc) is 3.29. The number of phosphoric ester groups is 2. The first-order chi connectivity index (χ1) is 15.5. The fraction of sp³-hybridized carbons (Fsp3) is 0.643. The lowest BCUT2D eigenvalue weighted by Crippen LogP contribution is -2.33. The summed E-state index contributed by atoms with van der Waals surface area (Å²) in [5.74, 6) is 0.0801. The molecule has 0 spiro atoms. The smallest absolute Gasteiger partial charge is 0.394 e. The number of fused-ring (bicyclic) bond motifs is 1. The van der Waals surface area contributed by atoms with Crippen molar-refractivity contribution >= 4 is 32.6 Å². The molecule has 2 aromatic rings. The molecule has 0 radical (unpaired) electrons. The highest BCUT2D eigenvalue weighted by Crippen LogP contribution is 2.60. The molecule has 0 bridgehead atoms. The molecule has 7 N–H and O–H groups in total. The van der Waals surface area contributed by atoms with Gasteiger partial charge in [0.05, 0.1) is 26.1 Å². The van der Waals surface area contributed by atoms with Crippen LogP contribution in [0.15, 0.2) is 12.7 Å². The molecule has 1 saturated heterocycles. The minimum atomic E-state index is -5.19. The van der Waals surface area contributed by atoms with Crippen molar-refractivity contribution in [1.29, 1.82) is 0 Å². The van der Waals surface area contributed by atoms with Gasteiger partial charge in [-0.2, -0.15) is 4.31 Å². The standard InChI is InChI=1S/C14H23N5O12P2/c1-27-7(2-20)3-28-32(23,24)31-33(25,26)29-4-8-10(21)11(22)14(30-8)19-6-18-9-12(15)16-5-17-13(9)19/h5-8,10-11,14,20-22H,2-4H2,1H3,(H,23,24)(H,25,26)(H2,15,16,17)/t7-,8+,10+,11+,14+/m0/s1. The maximum absolute atomic E-state index is 12.1. The van der Waals surface area contributed by atoms with Gasteiger partial charge in [-0.3, -0.25) is 13.6 Å². The Labute approximate surface area is 185 Å². The molecule has 3 heterocycles. The highest BCUT2D eigenvalue weighted by atomic mass is 31.3. The van der Waals surface area contributed by atoms with Gasteiger partial charge in [0.15, 0.2) is 17.7 Å². The Bertz CT molecular complexity index is 1050. The number of ether oxygens (including phenoxy) is 2. The van der Waals surface area contributed by atoms with Crippen LogP contribution in [-0.2, 0) is 32.0 Å². The van der Waals surface area contributed by atoms with E-state index in [1.807, 2.05) is 0 Å². The molecule has 186 valence electrons. The van der Waals surface area contributed by atoms with Crippen LogP contribution in [0.25, 0.3) is 11.2 Å². The molecule has 0 saturated carbocycles. The molecule has 2 aromatic heterocycles. The zero-order valence-electron chi connectivity index (χ0n) is 17.0. The molecule has 1 aliphatic rings. The van der Waals surface area contributed by atoms with E-state index in [0.717, 1.165) is 6.33 Å². The predicted octanol–water partition coefficient (Wildman–Crippen LogP) is -1.71. The van der Waals surface area contributed by atoms with Gasteiger partial charge in [-0.1, -0.05) is 0 Å². The van der Waals surface area contributed by atoms with Crippen molar-refractivity contribution in [1.82, 2.24) is 19.5 Å². The van der Waals surface area contributed by atoms with Crippen LogP contribution < -0.4 is 5.73 Å². The largest absolute Gasteiger partial charge is 0.481 e. The molecule has 33 heavy (non-hydrogen) atoms. The number of aromatic nitrogens is 4. The summed E-state index contributed by atoms with van der Waals surface area (Å²) in [7, 11) is -9.07. The molecule has 1 fully saturated rings. The van der Waals surface area contributed by atoms with Crippen LogP contribution in [0.3, 0.4) is 0 Å². The fourth-order valence-electron chi connectivity index (χ4n) is 2.87. The van der Waals surface area contributed by atoms with E-state index in [1.165, 1.54) is 18.0 Å². The van der Waals surface area contributed by atoms with Gasteiger partial charge in [-0.15, -0.1) is 0 Å². The lowest BCUT2D eigenvalue weighted by Gasteiger charge is -2.20. The highest BCUT2D eigenvalue weighted by Gasteiger charge is 2.46. The second kappa shape index (κ2) is 10.4. The number of aliphatic hydroxyl groups is 3. The van der Waals surface area contributed by atoms with E-state index in [0.29, 0.717) is 0 Å². The predicted molar refractivity (Wildman–Crippen MR) is 106 cm³/mol. The zero-order valence-corrected chi connectivity index (χ0v) is 18.8. The summed E-state index contributed by atoms with van der Waals surface area (Å²) in [6.45, 7) is -1.98. The van der Waals surface area contributed by atoms with Crippen LogP contribution in [0.5, 0.6) is 0 Å². The maximum Gasteiger partial charge on any atom is 0.481 e. The Morgan fingerprint density at radius 2 is 1.88 bits per heavy atom. The van der Waals surface area contributed by atoms with Gasteiger partial charge in [0.2, 0.25) is 0 Å². The van der Waals surface area contributed by atoms with E-state index >= 15 is 0 Å². The Hall–Kier alpha value is -1.59. The third-order valence-electron chi connectivity index (χ3n) is 4.57. The van der Waals surface area contributed by atoms with E-state index in [1.54, 1.807) is 0 Å². The van der Waals surface area contributed by atoms with Gasteiger partial charge in [-0.05, 0) is 0 Å². The molecule has 17 nitrogen and oxygen atoms in total. The second-order valence-electron chi connectivity index (χ2n) is 6.78. The minimum absolute atomic E-state index is 0.0801. The zero-order chi connectivity index (χ0) is 24.4. The lowest BCUT2D eigenvalue weighted by atomic mass is 10.1. The molecule has 19 heteroatoms. The monoisotopic (exact) mass is 515 g/mol. The van der Waals surface area contributed by atoms with Gasteiger partial charge < -0.3 is 40.3 Å². The quantitative estimate of drug-likeness (QED) is 0.182. The van der Waals surface area contributed by atoms with Crippen LogP contribution in [0, 0.1) is 0 Å². The van der Waals surface area contributed by atoms with E-state index in [4.69, 9.17) is 20.3 Å². The van der Waals surface area contributed by atoms with Crippen molar-refractivity contribution in [2.24, 2.45) is 0 Å². The van der Waals surface area contributed by atoms with Crippen molar-refractivity contribution in [3.63, 3.8) is 0 Å². The number of anilines is 1. The Balaban J connectivity index is 1.62. The number of methoxy groups -OCH3 is 1. The Kier molecular flexibility index (Phi) is 8.16. The van der Waals surface area contributed by atoms with Crippen LogP contribution >= 0.6 is 15.6 Å². The number of rotatable bonds is 11. The summed E-state index contributed by atoms with van der Waals surface area (Å²) in [5.41, 5.74) is 6.14. The maximum atomic E-state index is 12.1. The minimum Gasteiger partial charge on any atom is -0.394 e. The number of nitrogens with two attached hydrogens (primary N) is 1. The lowest BCUT2D eigenvalue weighted by molar-refractivity contribution is -0.0505. The van der Waals surface area contributed by atoms with E-state index in [-0.39, 0.29) is 17.0 Å². The average molecular weight is 515 g/mol. The van der Waals surface area contributed by atoms with Gasteiger partial charge in [0.25, 0.3) is 0 Å². The van der Waals surface area contributed by atoms with Crippen LogP contribution in [-0.4, -0.2) is 96.0 Å². The highest BCUT2D eigenvalue weighted by molar-refractivity contribution is 7.61. The first-order valence-corrected chi connectivity index (χ1v) is 12.2. The number of nitrogens with zero attached hydrogens (tertiary/aromatic N) is 4. The SMILES string of the molecule is CO[C@@H](CO)COP(=O)(O)OP(=O)(O)OC[C@H]1O[C@@H](n2cnc3c(N)ncnc32)[C@H](O)[C@@H]1O. The normalized spacial score (nSPS) is 27.9. The number of hydrogen-bond donors (Lipinski definition) is 6. The topological polar surface area (TPSA) is 251 Å². The molecule has 3 rings (SSSR count). The third kappa shape index (κ3) is 6.10. The molecule has 0 aromatic carbocycles. The number of phosphoric acid groups is 2. The molecular weight excluding hydrogens is 492 g/mol. The molecule has 2 unspecified atom stereocenters. The van der Waals surface area contributed by atoms with Crippen molar-refractivity contribution < 1.29 is 57.1 Å². The second-order valence-corrected chi connectivity index (χ2v) is 9.82. The van der Waals surface area contributed by atoms with Crippen LogP contribution in [0.1, 0.15) is 6.23 Å². The summed E-state index contributed by atoms with van der Waals surface area (Å²) < 4.78 is 48.7. The van der Waals surface area contributed by atoms with Gasteiger partial charge in [0, 0.05) is 7.11 Å². The van der Waals surface area contributed by atoms with Gasteiger partial charge >= 0.3 is 15.6 Å². The van der Waals surface area contributed by atoms with Crippen LogP contribution in [0.2, 0.25) is 0 Å². The summed E-state index contributed by atoms with van der Waals surface area (Å²) in [5, 5.41) is 29.6. The molecule has 0 amide bonds. The van der Waals surface area contributed by atoms with E-state index < -0.39 is 66.1 Å². The molecule has 0 aliphatic carbocycles. The number of aliphatic hydroxyl groups excluding tert-OH is 3. The molecule has 7 atom stereocenters. The van der Waals surface area contributed by atoms with Crippen molar-refractivity contribution in [2.45, 2.75) is 30.6 Å². The number of hydrogen-bond acceptors (Lipinski definition) is 14. The number of nitrogen functional groups attached to an aromatic ring is 1. The Morgan fingerprint density at radius 3 is 2.55 bits per heavy atom. The first kappa shape index (κ1) is 26.0. The van der Waals surface area contributed by atoms with E-state index in [2.05, 4.69) is 28.3 Å². The van der Waals surface area contributed by atoms with E-state index in [9.17, 15) is 29.1 Å². The van der Waals surface area contributed by atoms with Gasteiger partial charge in [-0.25, -0.2) is 24.1 Å². The fourth-order valence-corrected chi connectivity index (χ4v) is 4.98. The van der Waals surface area contributed by atoms with Gasteiger partial charge in [0.1, 0.15) is 36.3 Å². The van der Waals surface area contributed by atoms with Crippen molar-refractivity contribution in [2.75, 3.05) is 32.7 Å². The summed E-state index contributed by atoms with van der Waals surface area (Å²) in [4.78, 5) is 31.1. The third-order valence-corrected chi connectivity index (χ3v) is 7.17.